The van der Waals surface area contributed by atoms with Gasteiger partial charge in [0.2, 0.25) is 0 Å². The van der Waals surface area contributed by atoms with Crippen LogP contribution in [0.3, 0.4) is 0 Å². The first-order valence-electron chi connectivity index (χ1n) is 9.19. The number of amides is 1. The Kier molecular flexibility index (Phi) is 7.23. The molecule has 0 radical (unpaired) electrons. The number of nitrogens with zero attached hydrogens (tertiary/aromatic N) is 1. The van der Waals surface area contributed by atoms with Gasteiger partial charge in [-0.05, 0) is 47.5 Å². The van der Waals surface area contributed by atoms with Crippen LogP contribution in [0.2, 0.25) is 0 Å². The number of carbonyl (C=O) groups is 1. The lowest BCUT2D eigenvalue weighted by molar-refractivity contribution is -0.119. The topological polar surface area (TPSA) is 72.0 Å². The number of benzene rings is 3. The average molecular weight is 389 g/mol. The normalized spacial score (nSPS) is 10.5. The minimum absolute atomic E-state index is 0.115. The van der Waals surface area contributed by atoms with Gasteiger partial charge in [0.1, 0.15) is 18.1 Å². The molecular formula is C23H23N3O3. The molecule has 0 aliphatic carbocycles. The van der Waals surface area contributed by atoms with E-state index in [4.69, 9.17) is 9.47 Å². The molecular weight excluding hydrogens is 366 g/mol. The fourth-order valence-electron chi connectivity index (χ4n) is 2.54. The summed E-state index contributed by atoms with van der Waals surface area (Å²) in [5, 5.41) is 7.02. The van der Waals surface area contributed by atoms with Crippen LogP contribution in [0, 0.1) is 0 Å². The average Bonchev–Trinajstić information content (AvgIpc) is 2.78. The summed E-state index contributed by atoms with van der Waals surface area (Å²) in [6, 6.07) is 24.8. The highest BCUT2D eigenvalue weighted by Gasteiger charge is 2.01. The van der Waals surface area contributed by atoms with Crippen LogP contribution < -0.4 is 20.2 Å². The molecule has 0 spiro atoms. The van der Waals surface area contributed by atoms with Crippen molar-refractivity contribution in [2.24, 2.45) is 5.10 Å². The summed E-state index contributed by atoms with van der Waals surface area (Å²) in [5.74, 6) is 1.26. The van der Waals surface area contributed by atoms with Crippen LogP contribution in [0.15, 0.2) is 84.0 Å². The Bertz CT molecular complexity index is 941. The van der Waals surface area contributed by atoms with Crippen molar-refractivity contribution in [1.82, 2.24) is 5.43 Å². The molecule has 0 fully saturated rings. The van der Waals surface area contributed by atoms with Gasteiger partial charge in [-0.3, -0.25) is 4.79 Å². The number of ether oxygens (including phenoxy) is 2. The smallest absolute Gasteiger partial charge is 0.259 e. The Morgan fingerprint density at radius 3 is 2.52 bits per heavy atom. The minimum Gasteiger partial charge on any atom is -0.497 e. The maximum absolute atomic E-state index is 11.9. The van der Waals surface area contributed by atoms with E-state index in [9.17, 15) is 4.79 Å². The molecule has 0 aromatic heterocycles. The maximum Gasteiger partial charge on any atom is 0.259 e. The van der Waals surface area contributed by atoms with E-state index >= 15 is 0 Å². The molecule has 0 aliphatic heterocycles. The summed E-state index contributed by atoms with van der Waals surface area (Å²) in [6.07, 6.45) is 1.58. The second-order valence-electron chi connectivity index (χ2n) is 6.22. The zero-order chi connectivity index (χ0) is 20.3. The minimum atomic E-state index is -0.242. The van der Waals surface area contributed by atoms with Gasteiger partial charge >= 0.3 is 0 Å². The number of methoxy groups -OCH3 is 1. The van der Waals surface area contributed by atoms with Gasteiger partial charge in [0, 0.05) is 5.69 Å². The van der Waals surface area contributed by atoms with Crippen molar-refractivity contribution >= 4 is 17.8 Å². The van der Waals surface area contributed by atoms with E-state index in [2.05, 4.69) is 15.8 Å². The van der Waals surface area contributed by atoms with Crippen molar-refractivity contribution in [2.45, 2.75) is 6.61 Å². The second kappa shape index (κ2) is 10.5. The molecule has 6 heteroatoms. The highest BCUT2D eigenvalue weighted by atomic mass is 16.5. The van der Waals surface area contributed by atoms with Crippen LogP contribution in [0.5, 0.6) is 11.5 Å². The number of hydrogen-bond acceptors (Lipinski definition) is 5. The standard InChI is InChI=1S/C23H23N3O3/c1-28-21-12-10-20(11-13-21)24-16-23(27)26-25-15-19-8-5-9-22(14-19)29-17-18-6-3-2-4-7-18/h2-15,24H,16-17H2,1H3,(H,26,27)/b25-15+. The van der Waals surface area contributed by atoms with Crippen LogP contribution in [0.4, 0.5) is 5.69 Å². The first-order valence-corrected chi connectivity index (χ1v) is 9.19. The van der Waals surface area contributed by atoms with Gasteiger partial charge in [0.15, 0.2) is 0 Å². The number of anilines is 1. The summed E-state index contributed by atoms with van der Waals surface area (Å²) >= 11 is 0. The fourth-order valence-corrected chi connectivity index (χ4v) is 2.54. The molecule has 0 saturated heterocycles. The van der Waals surface area contributed by atoms with Crippen LogP contribution in [-0.2, 0) is 11.4 Å². The molecule has 6 nitrogen and oxygen atoms in total. The number of rotatable bonds is 9. The summed E-state index contributed by atoms with van der Waals surface area (Å²) in [4.78, 5) is 11.9. The zero-order valence-corrected chi connectivity index (χ0v) is 16.2. The number of hydrogen-bond donors (Lipinski definition) is 2. The maximum atomic E-state index is 11.9. The number of hydrazone groups is 1. The highest BCUT2D eigenvalue weighted by molar-refractivity contribution is 5.84. The van der Waals surface area contributed by atoms with E-state index in [1.165, 1.54) is 0 Å². The van der Waals surface area contributed by atoms with E-state index in [1.54, 1.807) is 13.3 Å². The Hall–Kier alpha value is -3.80. The van der Waals surface area contributed by atoms with Gasteiger partial charge in [-0.1, -0.05) is 42.5 Å². The summed E-state index contributed by atoms with van der Waals surface area (Å²) in [7, 11) is 1.61. The van der Waals surface area contributed by atoms with E-state index in [1.807, 2.05) is 78.9 Å². The van der Waals surface area contributed by atoms with Gasteiger partial charge in [0.05, 0.1) is 19.9 Å². The lowest BCUT2D eigenvalue weighted by atomic mass is 10.2. The Morgan fingerprint density at radius 1 is 0.966 bits per heavy atom. The molecule has 0 aliphatic rings. The Labute approximate surface area is 170 Å². The molecule has 3 aromatic carbocycles. The number of carbonyl (C=O) groups excluding carboxylic acids is 1. The summed E-state index contributed by atoms with van der Waals surface area (Å²) < 4.78 is 10.9. The first-order chi connectivity index (χ1) is 14.2. The SMILES string of the molecule is COc1ccc(NCC(=O)N/N=C/c2cccc(OCc3ccccc3)c2)cc1. The molecule has 3 aromatic rings. The number of nitrogens with one attached hydrogen (secondary N) is 2. The largest absolute Gasteiger partial charge is 0.497 e. The van der Waals surface area contributed by atoms with Crippen LogP contribution >= 0.6 is 0 Å². The van der Waals surface area contributed by atoms with Gasteiger partial charge in [-0.25, -0.2) is 5.43 Å². The molecule has 0 atom stereocenters. The molecule has 3 rings (SSSR count). The lowest BCUT2D eigenvalue weighted by Gasteiger charge is -2.07. The van der Waals surface area contributed by atoms with Gasteiger partial charge in [-0.15, -0.1) is 0 Å². The summed E-state index contributed by atoms with van der Waals surface area (Å²) in [5.41, 5.74) is 5.26. The van der Waals surface area contributed by atoms with E-state index < -0.39 is 0 Å². The van der Waals surface area contributed by atoms with E-state index in [-0.39, 0.29) is 12.5 Å². The van der Waals surface area contributed by atoms with Crippen molar-refractivity contribution in [2.75, 3.05) is 19.0 Å². The third kappa shape index (κ3) is 6.70. The second-order valence-corrected chi connectivity index (χ2v) is 6.22. The Morgan fingerprint density at radius 2 is 1.76 bits per heavy atom. The Balaban J connectivity index is 1.44. The molecule has 1 amide bonds. The van der Waals surface area contributed by atoms with Crippen LogP contribution in [0.1, 0.15) is 11.1 Å². The van der Waals surface area contributed by atoms with Crippen LogP contribution in [-0.4, -0.2) is 25.8 Å². The molecule has 0 heterocycles. The predicted octanol–water partition coefficient (Wildman–Crippen LogP) is 3.84. The first kappa shape index (κ1) is 19.9. The third-order valence-electron chi connectivity index (χ3n) is 4.05. The molecule has 29 heavy (non-hydrogen) atoms. The van der Waals surface area contributed by atoms with E-state index in [0.29, 0.717) is 6.61 Å². The lowest BCUT2D eigenvalue weighted by Crippen LogP contribution is -2.25. The van der Waals surface area contributed by atoms with Crippen molar-refractivity contribution in [3.8, 4) is 11.5 Å². The summed E-state index contributed by atoms with van der Waals surface area (Å²) in [6.45, 7) is 0.610. The molecule has 0 unspecified atom stereocenters. The predicted molar refractivity (Wildman–Crippen MR) is 114 cm³/mol. The molecule has 0 bridgehead atoms. The molecule has 0 saturated carbocycles. The fraction of sp³-hybridized carbons (Fsp3) is 0.130. The highest BCUT2D eigenvalue weighted by Crippen LogP contribution is 2.15. The van der Waals surface area contributed by atoms with Crippen molar-refractivity contribution < 1.29 is 14.3 Å². The third-order valence-corrected chi connectivity index (χ3v) is 4.05. The van der Waals surface area contributed by atoms with Crippen molar-refractivity contribution in [3.63, 3.8) is 0 Å². The van der Waals surface area contributed by atoms with Gasteiger partial charge in [0.25, 0.3) is 5.91 Å². The monoisotopic (exact) mass is 389 g/mol. The van der Waals surface area contributed by atoms with Crippen molar-refractivity contribution in [3.05, 3.63) is 90.0 Å². The molecule has 148 valence electrons. The molecule has 2 N–H and O–H groups in total. The van der Waals surface area contributed by atoms with E-state index in [0.717, 1.165) is 28.3 Å². The van der Waals surface area contributed by atoms with Gasteiger partial charge < -0.3 is 14.8 Å². The van der Waals surface area contributed by atoms with Crippen LogP contribution in [0.25, 0.3) is 0 Å². The van der Waals surface area contributed by atoms with Gasteiger partial charge in [-0.2, -0.15) is 5.10 Å². The zero-order valence-electron chi connectivity index (χ0n) is 16.2. The quantitative estimate of drug-likeness (QED) is 0.431. The van der Waals surface area contributed by atoms with Crippen molar-refractivity contribution in [1.29, 1.82) is 0 Å².